The number of aryl methyl sites for hydroxylation is 1. The van der Waals surface area contributed by atoms with Crippen LogP contribution in [0.2, 0.25) is 0 Å². The third-order valence-electron chi connectivity index (χ3n) is 2.88. The van der Waals surface area contributed by atoms with Crippen LogP contribution in [-0.2, 0) is 4.79 Å². The minimum absolute atomic E-state index is 0.103. The number of anilines is 1. The van der Waals surface area contributed by atoms with Crippen molar-refractivity contribution >= 4 is 17.7 Å². The number of hydrogen-bond acceptors (Lipinski definition) is 2. The van der Waals surface area contributed by atoms with Gasteiger partial charge < -0.3 is 15.3 Å². The second-order valence-electron chi connectivity index (χ2n) is 4.73. The molecule has 0 saturated carbocycles. The normalized spacial score (nSPS) is 11.8. The molecule has 0 bridgehead atoms. The van der Waals surface area contributed by atoms with Crippen LogP contribution in [0.5, 0.6) is 0 Å². The molecule has 1 unspecified atom stereocenters. The van der Waals surface area contributed by atoms with Crippen LogP contribution in [0, 0.1) is 18.7 Å². The summed E-state index contributed by atoms with van der Waals surface area (Å²) in [5.41, 5.74) is 1.05. The van der Waals surface area contributed by atoms with Gasteiger partial charge in [0, 0.05) is 18.8 Å². The highest BCUT2D eigenvalue weighted by Gasteiger charge is 2.19. The number of carboxylic acid groups (broad SMARTS) is 1. The Morgan fingerprint density at radius 2 is 2.05 bits per heavy atom. The predicted molar refractivity (Wildman–Crippen MR) is 74.2 cm³/mol. The van der Waals surface area contributed by atoms with E-state index in [1.54, 1.807) is 19.9 Å². The number of hydrogen-bond donors (Lipinski definition) is 2. The van der Waals surface area contributed by atoms with Crippen LogP contribution in [0.3, 0.4) is 0 Å². The molecule has 110 valence electrons. The molecule has 2 N–H and O–H groups in total. The fraction of sp³-hybridized carbons (Fsp3) is 0.429. The fourth-order valence-electron chi connectivity index (χ4n) is 1.78. The highest BCUT2D eigenvalue weighted by atomic mass is 19.1. The van der Waals surface area contributed by atoms with Crippen molar-refractivity contribution in [3.05, 3.63) is 29.6 Å². The zero-order valence-corrected chi connectivity index (χ0v) is 11.8. The third-order valence-corrected chi connectivity index (χ3v) is 2.88. The highest BCUT2D eigenvalue weighted by molar-refractivity contribution is 5.89. The summed E-state index contributed by atoms with van der Waals surface area (Å²) < 4.78 is 13.2. The Morgan fingerprint density at radius 3 is 2.55 bits per heavy atom. The van der Waals surface area contributed by atoms with Crippen LogP contribution < -0.4 is 5.32 Å². The number of benzene rings is 1. The smallest absolute Gasteiger partial charge is 0.321 e. The van der Waals surface area contributed by atoms with Crippen LogP contribution in [0.25, 0.3) is 0 Å². The maximum absolute atomic E-state index is 13.2. The number of rotatable bonds is 5. The number of amides is 2. The summed E-state index contributed by atoms with van der Waals surface area (Å²) in [6.45, 7) is 5.49. The zero-order valence-electron chi connectivity index (χ0n) is 11.8. The monoisotopic (exact) mass is 282 g/mol. The Balaban J connectivity index is 2.74. The summed E-state index contributed by atoms with van der Waals surface area (Å²) >= 11 is 0. The van der Waals surface area contributed by atoms with E-state index >= 15 is 0 Å². The predicted octanol–water partition coefficient (Wildman–Crippen LogP) is 2.71. The summed E-state index contributed by atoms with van der Waals surface area (Å²) in [6.07, 6.45) is 0. The Hall–Kier alpha value is -2.11. The van der Waals surface area contributed by atoms with E-state index in [1.807, 2.05) is 0 Å². The number of nitrogens with one attached hydrogen (secondary N) is 1. The molecule has 20 heavy (non-hydrogen) atoms. The summed E-state index contributed by atoms with van der Waals surface area (Å²) in [4.78, 5) is 24.2. The van der Waals surface area contributed by atoms with Crippen LogP contribution in [0.1, 0.15) is 19.4 Å². The van der Waals surface area contributed by atoms with E-state index in [9.17, 15) is 14.0 Å². The summed E-state index contributed by atoms with van der Waals surface area (Å²) in [6, 6.07) is 3.79. The summed E-state index contributed by atoms with van der Waals surface area (Å²) in [5.74, 6) is -2.05. The van der Waals surface area contributed by atoms with Crippen molar-refractivity contribution in [2.24, 2.45) is 5.92 Å². The standard InChI is InChI=1S/C14H19FN2O3/c1-4-17(8-10(3)13(18)19)14(20)16-12-6-9(2)5-11(15)7-12/h5-7,10H,4,8H2,1-3H3,(H,16,20)(H,18,19). The Labute approximate surface area is 117 Å². The highest BCUT2D eigenvalue weighted by Crippen LogP contribution is 2.14. The first-order chi connectivity index (χ1) is 9.33. The number of carboxylic acids is 1. The lowest BCUT2D eigenvalue weighted by molar-refractivity contribution is -0.141. The molecule has 1 atom stereocenters. The van der Waals surface area contributed by atoms with Crippen molar-refractivity contribution in [1.29, 1.82) is 0 Å². The van der Waals surface area contributed by atoms with Crippen molar-refractivity contribution in [2.75, 3.05) is 18.4 Å². The van der Waals surface area contributed by atoms with Crippen molar-refractivity contribution in [1.82, 2.24) is 4.90 Å². The van der Waals surface area contributed by atoms with Gasteiger partial charge in [-0.15, -0.1) is 0 Å². The molecule has 0 saturated heterocycles. The van der Waals surface area contributed by atoms with E-state index in [1.165, 1.54) is 24.0 Å². The largest absolute Gasteiger partial charge is 0.481 e. The first-order valence-electron chi connectivity index (χ1n) is 6.39. The number of nitrogens with zero attached hydrogens (tertiary/aromatic N) is 1. The minimum Gasteiger partial charge on any atom is -0.481 e. The first-order valence-corrected chi connectivity index (χ1v) is 6.39. The molecule has 5 nitrogen and oxygen atoms in total. The van der Waals surface area contributed by atoms with Crippen molar-refractivity contribution < 1.29 is 19.1 Å². The first kappa shape index (κ1) is 15.9. The third kappa shape index (κ3) is 4.53. The lowest BCUT2D eigenvalue weighted by Gasteiger charge is -2.23. The lowest BCUT2D eigenvalue weighted by Crippen LogP contribution is -2.39. The molecule has 1 rings (SSSR count). The Bertz CT molecular complexity index is 485. The molecule has 1 aromatic carbocycles. The van der Waals surface area contributed by atoms with E-state index in [4.69, 9.17) is 5.11 Å². The molecule has 0 aliphatic carbocycles. The number of urea groups is 1. The van der Waals surface area contributed by atoms with Gasteiger partial charge in [-0.25, -0.2) is 9.18 Å². The Morgan fingerprint density at radius 1 is 1.40 bits per heavy atom. The van der Waals surface area contributed by atoms with Gasteiger partial charge in [0.15, 0.2) is 0 Å². The van der Waals surface area contributed by atoms with Gasteiger partial charge in [0.1, 0.15) is 5.82 Å². The lowest BCUT2D eigenvalue weighted by atomic mass is 10.2. The maximum Gasteiger partial charge on any atom is 0.321 e. The Kier molecular flexibility index (Phi) is 5.49. The average molecular weight is 282 g/mol. The molecule has 0 heterocycles. The van der Waals surface area contributed by atoms with Crippen LogP contribution in [-0.4, -0.2) is 35.1 Å². The molecular formula is C14H19FN2O3. The average Bonchev–Trinajstić information content (AvgIpc) is 2.33. The van der Waals surface area contributed by atoms with Gasteiger partial charge in [0.05, 0.1) is 5.92 Å². The molecular weight excluding hydrogens is 263 g/mol. The van der Waals surface area contributed by atoms with E-state index < -0.39 is 23.7 Å². The van der Waals surface area contributed by atoms with Gasteiger partial charge in [0.2, 0.25) is 0 Å². The quantitative estimate of drug-likeness (QED) is 0.872. The van der Waals surface area contributed by atoms with Gasteiger partial charge in [-0.1, -0.05) is 6.92 Å². The summed E-state index contributed by atoms with van der Waals surface area (Å²) in [7, 11) is 0. The van der Waals surface area contributed by atoms with Crippen molar-refractivity contribution in [2.45, 2.75) is 20.8 Å². The molecule has 0 radical (unpaired) electrons. The fourth-order valence-corrected chi connectivity index (χ4v) is 1.78. The minimum atomic E-state index is -0.960. The second kappa shape index (κ2) is 6.88. The number of halogens is 1. The number of carbonyl (C=O) groups is 2. The molecule has 0 fully saturated rings. The molecule has 0 aliphatic heterocycles. The van der Waals surface area contributed by atoms with Crippen LogP contribution in [0.15, 0.2) is 18.2 Å². The van der Waals surface area contributed by atoms with Gasteiger partial charge >= 0.3 is 12.0 Å². The van der Waals surface area contributed by atoms with Gasteiger partial charge in [0.25, 0.3) is 0 Å². The molecule has 0 spiro atoms. The molecule has 6 heteroatoms. The number of carbonyl (C=O) groups excluding carboxylic acids is 1. The SMILES string of the molecule is CCN(CC(C)C(=O)O)C(=O)Nc1cc(C)cc(F)c1. The van der Waals surface area contributed by atoms with Gasteiger partial charge in [-0.3, -0.25) is 4.79 Å². The molecule has 0 aliphatic rings. The van der Waals surface area contributed by atoms with Crippen molar-refractivity contribution in [3.8, 4) is 0 Å². The summed E-state index contributed by atoms with van der Waals surface area (Å²) in [5, 5.41) is 11.4. The van der Waals surface area contributed by atoms with E-state index in [-0.39, 0.29) is 6.54 Å². The molecule has 0 aromatic heterocycles. The zero-order chi connectivity index (χ0) is 15.3. The van der Waals surface area contributed by atoms with Crippen LogP contribution in [0.4, 0.5) is 14.9 Å². The number of aliphatic carboxylic acids is 1. The van der Waals surface area contributed by atoms with Crippen LogP contribution >= 0.6 is 0 Å². The second-order valence-corrected chi connectivity index (χ2v) is 4.73. The topological polar surface area (TPSA) is 69.6 Å². The molecule has 1 aromatic rings. The van der Waals surface area contributed by atoms with Gasteiger partial charge in [-0.05, 0) is 37.6 Å². The molecule has 2 amide bonds. The maximum atomic E-state index is 13.2. The van der Waals surface area contributed by atoms with Gasteiger partial charge in [-0.2, -0.15) is 0 Å². The van der Waals surface area contributed by atoms with E-state index in [0.717, 1.165) is 0 Å². The van der Waals surface area contributed by atoms with Crippen molar-refractivity contribution in [3.63, 3.8) is 0 Å². The van der Waals surface area contributed by atoms with E-state index in [2.05, 4.69) is 5.32 Å². The van der Waals surface area contributed by atoms with E-state index in [0.29, 0.717) is 17.8 Å².